The lowest BCUT2D eigenvalue weighted by Gasteiger charge is -2.15. The highest BCUT2D eigenvalue weighted by atomic mass is 79.9. The van der Waals surface area contributed by atoms with Gasteiger partial charge in [-0.05, 0) is 12.1 Å². The molecule has 6 heteroatoms. The molecule has 0 heterocycles. The molecule has 1 rings (SSSR count). The van der Waals surface area contributed by atoms with Crippen molar-refractivity contribution in [1.29, 1.82) is 0 Å². The molecule has 0 spiro atoms. The van der Waals surface area contributed by atoms with E-state index in [2.05, 4.69) is 15.9 Å². The van der Waals surface area contributed by atoms with Gasteiger partial charge in [-0.25, -0.2) is 0 Å². The molecule has 0 saturated carbocycles. The third kappa shape index (κ3) is 3.10. The zero-order valence-electron chi connectivity index (χ0n) is 7.42. The maximum atomic E-state index is 12.1. The van der Waals surface area contributed by atoms with Gasteiger partial charge in [0.25, 0.3) is 0 Å². The van der Waals surface area contributed by atoms with E-state index in [-0.39, 0.29) is 11.3 Å². The molecule has 0 aromatic heterocycles. The van der Waals surface area contributed by atoms with Gasteiger partial charge >= 0.3 is 6.18 Å². The van der Waals surface area contributed by atoms with Gasteiger partial charge in [-0.15, -0.1) is 0 Å². The Morgan fingerprint density at radius 2 is 1.93 bits per heavy atom. The molecule has 1 aromatic rings. The Kier molecular flexibility index (Phi) is 3.62. The Morgan fingerprint density at radius 1 is 1.33 bits per heavy atom. The molecule has 0 aliphatic heterocycles. The molecule has 0 fully saturated rings. The molecule has 0 bridgehead atoms. The monoisotopic (exact) mass is 284 g/mol. The van der Waals surface area contributed by atoms with Crippen LogP contribution in [0.3, 0.4) is 0 Å². The van der Waals surface area contributed by atoms with Crippen molar-refractivity contribution >= 4 is 15.9 Å². The van der Waals surface area contributed by atoms with Crippen LogP contribution in [0.5, 0.6) is 5.75 Å². The van der Waals surface area contributed by atoms with E-state index in [1.807, 2.05) is 0 Å². The Labute approximate surface area is 92.5 Å². The molecule has 15 heavy (non-hydrogen) atoms. The molecular formula is C9H8BrF3O2. The van der Waals surface area contributed by atoms with Crippen LogP contribution in [-0.4, -0.2) is 22.5 Å². The number of aromatic hydroxyl groups is 1. The van der Waals surface area contributed by atoms with Crippen LogP contribution in [0.2, 0.25) is 0 Å². The fourth-order valence-corrected chi connectivity index (χ4v) is 1.58. The smallest absolute Gasteiger partial charge is 0.414 e. The van der Waals surface area contributed by atoms with Crippen molar-refractivity contribution in [2.24, 2.45) is 0 Å². The summed E-state index contributed by atoms with van der Waals surface area (Å²) >= 11 is 3.00. The number of phenols is 1. The minimum absolute atomic E-state index is 0.0438. The van der Waals surface area contributed by atoms with Gasteiger partial charge in [-0.3, -0.25) is 0 Å². The molecule has 0 saturated heterocycles. The van der Waals surface area contributed by atoms with Crippen LogP contribution in [0.15, 0.2) is 22.7 Å². The van der Waals surface area contributed by atoms with Crippen LogP contribution in [0, 0.1) is 0 Å². The van der Waals surface area contributed by atoms with Gasteiger partial charge in [0.2, 0.25) is 0 Å². The normalized spacial score (nSPS) is 13.9. The SMILES string of the molecule is Oc1cccc(Br)c1CC(O)C(F)(F)F. The average molecular weight is 285 g/mol. The van der Waals surface area contributed by atoms with Gasteiger partial charge in [0.05, 0.1) is 0 Å². The zero-order chi connectivity index (χ0) is 11.6. The number of phenolic OH excluding ortho intramolecular Hbond substituents is 1. The number of benzene rings is 1. The van der Waals surface area contributed by atoms with Crippen LogP contribution >= 0.6 is 15.9 Å². The first-order valence-electron chi connectivity index (χ1n) is 4.03. The van der Waals surface area contributed by atoms with Crippen molar-refractivity contribution in [2.75, 3.05) is 0 Å². The van der Waals surface area contributed by atoms with Crippen molar-refractivity contribution < 1.29 is 23.4 Å². The van der Waals surface area contributed by atoms with Crippen LogP contribution in [0.4, 0.5) is 13.2 Å². The Bertz CT molecular complexity index is 331. The van der Waals surface area contributed by atoms with E-state index in [9.17, 15) is 18.3 Å². The van der Waals surface area contributed by atoms with Gasteiger partial charge < -0.3 is 10.2 Å². The maximum absolute atomic E-state index is 12.1. The maximum Gasteiger partial charge on any atom is 0.414 e. The second-order valence-electron chi connectivity index (χ2n) is 3.00. The molecule has 2 nitrogen and oxygen atoms in total. The second-order valence-corrected chi connectivity index (χ2v) is 3.85. The van der Waals surface area contributed by atoms with Gasteiger partial charge in [-0.1, -0.05) is 22.0 Å². The number of aliphatic hydroxyl groups excluding tert-OH is 1. The van der Waals surface area contributed by atoms with Gasteiger partial charge in [-0.2, -0.15) is 13.2 Å². The highest BCUT2D eigenvalue weighted by Crippen LogP contribution is 2.30. The molecule has 2 N–H and O–H groups in total. The van der Waals surface area contributed by atoms with E-state index >= 15 is 0 Å². The standard InChI is InChI=1S/C9H8BrF3O2/c10-6-2-1-3-7(14)5(6)4-8(15)9(11,12)13/h1-3,8,14-15H,4H2. The highest BCUT2D eigenvalue weighted by Gasteiger charge is 2.38. The summed E-state index contributed by atoms with van der Waals surface area (Å²) in [5, 5.41) is 18.1. The number of rotatable bonds is 2. The second kappa shape index (κ2) is 4.40. The number of halogens is 4. The summed E-state index contributed by atoms with van der Waals surface area (Å²) in [4.78, 5) is 0. The number of aliphatic hydroxyl groups is 1. The van der Waals surface area contributed by atoms with Crippen LogP contribution in [0.1, 0.15) is 5.56 Å². The lowest BCUT2D eigenvalue weighted by atomic mass is 10.1. The summed E-state index contributed by atoms with van der Waals surface area (Å²) in [6.07, 6.45) is -7.82. The predicted octanol–water partition coefficient (Wildman–Crippen LogP) is 2.62. The predicted molar refractivity (Wildman–Crippen MR) is 51.6 cm³/mol. The first kappa shape index (κ1) is 12.3. The summed E-state index contributed by atoms with van der Waals surface area (Å²) in [5.41, 5.74) is 0.0438. The summed E-state index contributed by atoms with van der Waals surface area (Å²) in [5.74, 6) is -0.271. The summed E-state index contributed by atoms with van der Waals surface area (Å²) in [7, 11) is 0. The van der Waals surface area contributed by atoms with Crippen LogP contribution in [-0.2, 0) is 6.42 Å². The third-order valence-electron chi connectivity index (χ3n) is 1.87. The van der Waals surface area contributed by atoms with Crippen LogP contribution < -0.4 is 0 Å². The number of hydrogen-bond acceptors (Lipinski definition) is 2. The van der Waals surface area contributed by atoms with E-state index in [0.29, 0.717) is 4.47 Å². The summed E-state index contributed by atoms with van der Waals surface area (Å²) in [6.45, 7) is 0. The highest BCUT2D eigenvalue weighted by molar-refractivity contribution is 9.10. The van der Waals surface area contributed by atoms with Crippen molar-refractivity contribution in [3.05, 3.63) is 28.2 Å². The van der Waals surface area contributed by atoms with E-state index < -0.39 is 18.7 Å². The minimum Gasteiger partial charge on any atom is -0.508 e. The Morgan fingerprint density at radius 3 is 2.40 bits per heavy atom. The van der Waals surface area contributed by atoms with Gasteiger partial charge in [0.15, 0.2) is 6.10 Å². The first-order chi connectivity index (χ1) is 6.82. The molecule has 0 amide bonds. The van der Waals surface area contributed by atoms with E-state index in [1.54, 1.807) is 0 Å². The number of hydrogen-bond donors (Lipinski definition) is 2. The minimum atomic E-state index is -4.68. The number of alkyl halides is 3. The van der Waals surface area contributed by atoms with Crippen molar-refractivity contribution in [3.63, 3.8) is 0 Å². The molecular weight excluding hydrogens is 277 g/mol. The topological polar surface area (TPSA) is 40.5 Å². The Hall–Kier alpha value is -0.750. The lowest BCUT2D eigenvalue weighted by molar-refractivity contribution is -0.203. The Balaban J connectivity index is 2.90. The fraction of sp³-hybridized carbons (Fsp3) is 0.333. The quantitative estimate of drug-likeness (QED) is 0.877. The van der Waals surface area contributed by atoms with E-state index in [1.165, 1.54) is 18.2 Å². The molecule has 84 valence electrons. The van der Waals surface area contributed by atoms with Crippen molar-refractivity contribution in [2.45, 2.75) is 18.7 Å². The fourth-order valence-electron chi connectivity index (χ4n) is 1.06. The van der Waals surface area contributed by atoms with E-state index in [0.717, 1.165) is 0 Å². The van der Waals surface area contributed by atoms with Gasteiger partial charge in [0, 0.05) is 16.5 Å². The largest absolute Gasteiger partial charge is 0.508 e. The third-order valence-corrected chi connectivity index (χ3v) is 2.61. The molecule has 1 aromatic carbocycles. The first-order valence-corrected chi connectivity index (χ1v) is 4.83. The van der Waals surface area contributed by atoms with Crippen molar-refractivity contribution in [3.8, 4) is 5.75 Å². The average Bonchev–Trinajstić information content (AvgIpc) is 2.09. The molecule has 1 unspecified atom stereocenters. The lowest BCUT2D eigenvalue weighted by Crippen LogP contribution is -2.30. The summed E-state index contributed by atoms with van der Waals surface area (Å²) < 4.78 is 36.5. The zero-order valence-corrected chi connectivity index (χ0v) is 9.01. The van der Waals surface area contributed by atoms with Gasteiger partial charge in [0.1, 0.15) is 5.75 Å². The van der Waals surface area contributed by atoms with Crippen molar-refractivity contribution in [1.82, 2.24) is 0 Å². The molecule has 0 radical (unpaired) electrons. The molecule has 1 atom stereocenters. The summed E-state index contributed by atoms with van der Waals surface area (Å²) in [6, 6.07) is 4.25. The van der Waals surface area contributed by atoms with E-state index in [4.69, 9.17) is 5.11 Å². The molecule has 0 aliphatic rings. The van der Waals surface area contributed by atoms with Crippen LogP contribution in [0.25, 0.3) is 0 Å². The molecule has 0 aliphatic carbocycles.